The van der Waals surface area contributed by atoms with E-state index in [1.807, 2.05) is 19.1 Å². The summed E-state index contributed by atoms with van der Waals surface area (Å²) in [6.45, 7) is 5.42. The minimum atomic E-state index is -5.08. The van der Waals surface area contributed by atoms with Gasteiger partial charge in [0.1, 0.15) is 12.1 Å². The number of carboxylic acids is 1. The van der Waals surface area contributed by atoms with Gasteiger partial charge in [0.2, 0.25) is 5.88 Å². The fourth-order valence-corrected chi connectivity index (χ4v) is 2.58. The number of fused-ring (bicyclic) bond motifs is 1. The van der Waals surface area contributed by atoms with E-state index in [0.717, 1.165) is 55.4 Å². The largest absolute Gasteiger partial charge is 0.490 e. The van der Waals surface area contributed by atoms with E-state index in [9.17, 15) is 13.2 Å². The van der Waals surface area contributed by atoms with E-state index < -0.39 is 12.1 Å². The summed E-state index contributed by atoms with van der Waals surface area (Å²) in [4.78, 5) is 19.9. The molecule has 0 unspecified atom stereocenters. The number of alkyl halides is 3. The number of aliphatic carboxylic acids is 1. The van der Waals surface area contributed by atoms with Crippen LogP contribution in [0.25, 0.3) is 0 Å². The van der Waals surface area contributed by atoms with Gasteiger partial charge in [-0.3, -0.25) is 4.90 Å². The van der Waals surface area contributed by atoms with Crippen molar-refractivity contribution in [3.05, 3.63) is 41.7 Å². The Bertz CT molecular complexity index is 736. The molecule has 10 heteroatoms. The lowest BCUT2D eigenvalue weighted by Crippen LogP contribution is -2.25. The van der Waals surface area contributed by atoms with Crippen molar-refractivity contribution in [3.63, 3.8) is 0 Å². The normalized spacial score (nSPS) is 14.5. The van der Waals surface area contributed by atoms with E-state index in [-0.39, 0.29) is 0 Å². The van der Waals surface area contributed by atoms with Crippen LogP contribution < -0.4 is 4.74 Å². The SMILES string of the molecule is CCOc1ncnc2c1CCN(Cc1ccco1)CC2.O=C(O)C(F)(F)F. The second-order valence-electron chi connectivity index (χ2n) is 5.70. The second-order valence-corrected chi connectivity index (χ2v) is 5.70. The van der Waals surface area contributed by atoms with Gasteiger partial charge in [0, 0.05) is 25.1 Å². The molecule has 3 rings (SSSR count). The van der Waals surface area contributed by atoms with E-state index in [1.165, 1.54) is 0 Å². The van der Waals surface area contributed by atoms with Crippen molar-refractivity contribution in [1.82, 2.24) is 14.9 Å². The second kappa shape index (κ2) is 9.36. The number of hydrogen-bond donors (Lipinski definition) is 1. The van der Waals surface area contributed by atoms with Crippen molar-refractivity contribution in [2.75, 3.05) is 19.7 Å². The van der Waals surface area contributed by atoms with Crippen LogP contribution >= 0.6 is 0 Å². The van der Waals surface area contributed by atoms with Crippen molar-refractivity contribution < 1.29 is 32.2 Å². The number of furan rings is 1. The molecule has 0 spiro atoms. The van der Waals surface area contributed by atoms with E-state index >= 15 is 0 Å². The highest BCUT2D eigenvalue weighted by Crippen LogP contribution is 2.22. The number of carboxylic acid groups (broad SMARTS) is 1. The monoisotopic (exact) mass is 387 g/mol. The first-order valence-corrected chi connectivity index (χ1v) is 8.31. The summed E-state index contributed by atoms with van der Waals surface area (Å²) in [7, 11) is 0. The summed E-state index contributed by atoms with van der Waals surface area (Å²) in [5.41, 5.74) is 2.28. The smallest absolute Gasteiger partial charge is 0.478 e. The number of nitrogens with zero attached hydrogens (tertiary/aromatic N) is 3. The van der Waals surface area contributed by atoms with Gasteiger partial charge >= 0.3 is 12.1 Å². The first-order valence-electron chi connectivity index (χ1n) is 8.31. The molecular weight excluding hydrogens is 367 g/mol. The fraction of sp³-hybridized carbons (Fsp3) is 0.471. The molecule has 7 nitrogen and oxygen atoms in total. The Morgan fingerprint density at radius 1 is 1.33 bits per heavy atom. The van der Waals surface area contributed by atoms with Crippen LogP contribution in [0.15, 0.2) is 29.1 Å². The average molecular weight is 387 g/mol. The van der Waals surface area contributed by atoms with Crippen molar-refractivity contribution in [2.45, 2.75) is 32.5 Å². The molecule has 2 aromatic rings. The molecule has 0 bridgehead atoms. The van der Waals surface area contributed by atoms with Crippen LogP contribution in [0.4, 0.5) is 13.2 Å². The Kier molecular flexibility index (Phi) is 7.17. The Morgan fingerprint density at radius 3 is 2.63 bits per heavy atom. The molecule has 0 aromatic carbocycles. The van der Waals surface area contributed by atoms with Crippen LogP contribution in [0.3, 0.4) is 0 Å². The predicted octanol–water partition coefficient (Wildman–Crippen LogP) is 2.70. The quantitative estimate of drug-likeness (QED) is 0.863. The maximum atomic E-state index is 10.6. The van der Waals surface area contributed by atoms with E-state index in [1.54, 1.807) is 12.6 Å². The highest BCUT2D eigenvalue weighted by Gasteiger charge is 2.38. The molecule has 0 aliphatic carbocycles. The number of halogens is 3. The van der Waals surface area contributed by atoms with Gasteiger partial charge in [-0.15, -0.1) is 0 Å². The van der Waals surface area contributed by atoms with Gasteiger partial charge in [-0.05, 0) is 25.5 Å². The average Bonchev–Trinajstić information content (AvgIpc) is 3.02. The van der Waals surface area contributed by atoms with Crippen LogP contribution in [-0.2, 0) is 24.2 Å². The molecule has 3 heterocycles. The van der Waals surface area contributed by atoms with Gasteiger partial charge in [-0.1, -0.05) is 0 Å². The van der Waals surface area contributed by atoms with Gasteiger partial charge in [0.15, 0.2) is 0 Å². The summed E-state index contributed by atoms with van der Waals surface area (Å²) in [6.07, 6.45) is 0.0947. The Morgan fingerprint density at radius 2 is 2.04 bits per heavy atom. The highest BCUT2D eigenvalue weighted by atomic mass is 19.4. The molecule has 1 N–H and O–H groups in total. The third kappa shape index (κ3) is 6.24. The van der Waals surface area contributed by atoms with Gasteiger partial charge in [-0.25, -0.2) is 14.8 Å². The lowest BCUT2D eigenvalue weighted by atomic mass is 10.1. The molecule has 1 aliphatic heterocycles. The van der Waals surface area contributed by atoms with Crippen LogP contribution in [0.1, 0.15) is 23.9 Å². The zero-order chi connectivity index (χ0) is 19.9. The molecule has 0 amide bonds. The number of carbonyl (C=O) groups is 1. The first kappa shape index (κ1) is 20.7. The molecule has 0 saturated carbocycles. The third-order valence-corrected chi connectivity index (χ3v) is 3.82. The number of hydrogen-bond acceptors (Lipinski definition) is 6. The maximum Gasteiger partial charge on any atom is 0.490 e. The standard InChI is InChI=1S/C15H19N3O2.C2HF3O2/c1-2-19-15-13-5-7-18(10-12-4-3-9-20-12)8-6-14(13)16-11-17-15;3-2(4,5)1(6)7/h3-4,9,11H,2,5-8,10H2,1H3;(H,6,7). The van der Waals surface area contributed by atoms with Crippen molar-refractivity contribution >= 4 is 5.97 Å². The van der Waals surface area contributed by atoms with Crippen LogP contribution in [0.2, 0.25) is 0 Å². The minimum Gasteiger partial charge on any atom is -0.478 e. The number of aromatic nitrogens is 2. The maximum absolute atomic E-state index is 10.6. The lowest BCUT2D eigenvalue weighted by Gasteiger charge is -2.17. The minimum absolute atomic E-state index is 0.638. The van der Waals surface area contributed by atoms with Crippen molar-refractivity contribution in [2.24, 2.45) is 0 Å². The Balaban J connectivity index is 0.000000321. The third-order valence-electron chi connectivity index (χ3n) is 3.82. The van der Waals surface area contributed by atoms with E-state index in [0.29, 0.717) is 6.61 Å². The summed E-state index contributed by atoms with van der Waals surface area (Å²) < 4.78 is 42.8. The number of rotatable bonds is 4. The fourth-order valence-electron chi connectivity index (χ4n) is 2.58. The van der Waals surface area contributed by atoms with Crippen molar-refractivity contribution in [1.29, 1.82) is 0 Å². The summed E-state index contributed by atoms with van der Waals surface area (Å²) in [5.74, 6) is -1.00. The first-order chi connectivity index (χ1) is 12.8. The Labute approximate surface area is 153 Å². The molecule has 2 aromatic heterocycles. The topological polar surface area (TPSA) is 88.7 Å². The van der Waals surface area contributed by atoms with Crippen LogP contribution in [0, 0.1) is 0 Å². The van der Waals surface area contributed by atoms with Crippen LogP contribution in [-0.4, -0.2) is 51.8 Å². The van der Waals surface area contributed by atoms with Gasteiger partial charge in [0.25, 0.3) is 0 Å². The summed E-state index contributed by atoms with van der Waals surface area (Å²) in [5, 5.41) is 7.12. The molecule has 0 radical (unpaired) electrons. The number of ether oxygens (including phenoxy) is 1. The molecule has 0 saturated heterocycles. The highest BCUT2D eigenvalue weighted by molar-refractivity contribution is 5.73. The van der Waals surface area contributed by atoms with Gasteiger partial charge in [0.05, 0.1) is 25.1 Å². The Hall–Kier alpha value is -2.62. The lowest BCUT2D eigenvalue weighted by molar-refractivity contribution is -0.192. The van der Waals surface area contributed by atoms with Crippen LogP contribution in [0.5, 0.6) is 5.88 Å². The molecule has 148 valence electrons. The van der Waals surface area contributed by atoms with Crippen molar-refractivity contribution in [3.8, 4) is 5.88 Å². The van der Waals surface area contributed by atoms with Gasteiger partial charge in [-0.2, -0.15) is 13.2 Å². The predicted molar refractivity (Wildman–Crippen MR) is 88.3 cm³/mol. The molecule has 0 atom stereocenters. The van der Waals surface area contributed by atoms with E-state index in [4.69, 9.17) is 19.1 Å². The summed E-state index contributed by atoms with van der Waals surface area (Å²) in [6, 6.07) is 3.95. The zero-order valence-corrected chi connectivity index (χ0v) is 14.7. The molecule has 1 aliphatic rings. The molecule has 0 fully saturated rings. The molecular formula is C17H20F3N3O4. The molecule has 27 heavy (non-hydrogen) atoms. The van der Waals surface area contributed by atoms with Gasteiger partial charge < -0.3 is 14.3 Å². The summed E-state index contributed by atoms with van der Waals surface area (Å²) >= 11 is 0. The van der Waals surface area contributed by atoms with E-state index in [2.05, 4.69) is 14.9 Å². The zero-order valence-electron chi connectivity index (χ0n) is 14.7.